The normalized spacial score (nSPS) is 11.4. The first-order valence-electron chi connectivity index (χ1n) is 9.75. The minimum absolute atomic E-state index is 0.183. The molecule has 2 heterocycles. The van der Waals surface area contributed by atoms with E-state index in [1.807, 2.05) is 43.6 Å². The first kappa shape index (κ1) is 19.6. The van der Waals surface area contributed by atoms with Crippen LogP contribution in [0.1, 0.15) is 30.7 Å². The number of aryl methyl sites for hydroxylation is 1. The molecule has 1 N–H and O–H groups in total. The molecule has 4 rings (SSSR count). The van der Waals surface area contributed by atoms with Crippen molar-refractivity contribution in [1.29, 1.82) is 0 Å². The second-order valence-electron chi connectivity index (χ2n) is 7.76. The van der Waals surface area contributed by atoms with Gasteiger partial charge in [0.25, 0.3) is 0 Å². The van der Waals surface area contributed by atoms with Gasteiger partial charge < -0.3 is 9.84 Å². The van der Waals surface area contributed by atoms with E-state index in [9.17, 15) is 5.11 Å². The summed E-state index contributed by atoms with van der Waals surface area (Å²) in [4.78, 5) is 8.88. The molecule has 2 aromatic carbocycles. The Hall–Kier alpha value is -3.67. The maximum Gasteiger partial charge on any atom is 0.162 e. The number of aromatic nitrogens is 4. The molecule has 0 aliphatic heterocycles. The van der Waals surface area contributed by atoms with E-state index < -0.39 is 0 Å². The molecule has 0 unspecified atom stereocenters. The Morgan fingerprint density at radius 3 is 2.27 bits per heavy atom. The molecule has 2 aromatic heterocycles. The third-order valence-electron chi connectivity index (χ3n) is 5.23. The van der Waals surface area contributed by atoms with Crippen LogP contribution in [0.15, 0.2) is 73.2 Å². The van der Waals surface area contributed by atoms with Crippen molar-refractivity contribution >= 4 is 0 Å². The Morgan fingerprint density at radius 2 is 1.63 bits per heavy atom. The molecule has 0 atom stereocenters. The fourth-order valence-electron chi connectivity index (χ4n) is 3.32. The van der Waals surface area contributed by atoms with Crippen LogP contribution in [0, 0.1) is 0 Å². The Morgan fingerprint density at radius 1 is 0.967 bits per heavy atom. The van der Waals surface area contributed by atoms with E-state index in [2.05, 4.69) is 41.0 Å². The molecule has 0 saturated heterocycles. The summed E-state index contributed by atoms with van der Waals surface area (Å²) in [5.74, 6) is 1.69. The standard InChI is InChI=1S/C24H24N4O2/c1-24(2,18-4-8-21(29)9-5-18)19-6-10-22(11-7-19)30-16-20-12-13-25-23(27-20)17-14-26-28(3)15-17/h4-15,29H,16H2,1-3H3. The van der Waals surface area contributed by atoms with Gasteiger partial charge in [-0.05, 0) is 41.5 Å². The Kier molecular flexibility index (Phi) is 5.23. The van der Waals surface area contributed by atoms with E-state index in [1.54, 1.807) is 29.2 Å². The van der Waals surface area contributed by atoms with Crippen LogP contribution in [0.5, 0.6) is 11.5 Å². The van der Waals surface area contributed by atoms with E-state index in [4.69, 9.17) is 4.74 Å². The van der Waals surface area contributed by atoms with Gasteiger partial charge in [-0.15, -0.1) is 0 Å². The molecule has 0 amide bonds. The van der Waals surface area contributed by atoms with Crippen molar-refractivity contribution in [1.82, 2.24) is 19.7 Å². The zero-order valence-electron chi connectivity index (χ0n) is 17.3. The highest BCUT2D eigenvalue weighted by Gasteiger charge is 2.23. The van der Waals surface area contributed by atoms with Crippen LogP contribution in [0.25, 0.3) is 11.4 Å². The summed E-state index contributed by atoms with van der Waals surface area (Å²) in [7, 11) is 1.86. The van der Waals surface area contributed by atoms with Gasteiger partial charge in [0, 0.05) is 24.9 Å². The second kappa shape index (κ2) is 7.99. The van der Waals surface area contributed by atoms with Crippen molar-refractivity contribution in [2.75, 3.05) is 0 Å². The number of phenolic OH excluding ortho intramolecular Hbond substituents is 1. The molecule has 6 nitrogen and oxygen atoms in total. The first-order valence-corrected chi connectivity index (χ1v) is 9.75. The van der Waals surface area contributed by atoms with Crippen LogP contribution < -0.4 is 4.74 Å². The van der Waals surface area contributed by atoms with Crippen LogP contribution >= 0.6 is 0 Å². The minimum atomic E-state index is -0.183. The van der Waals surface area contributed by atoms with E-state index in [1.165, 1.54) is 5.56 Å². The molecule has 0 radical (unpaired) electrons. The summed E-state index contributed by atoms with van der Waals surface area (Å²) in [5, 5.41) is 13.7. The highest BCUT2D eigenvalue weighted by atomic mass is 16.5. The third kappa shape index (κ3) is 4.17. The molecular weight excluding hydrogens is 376 g/mol. The summed E-state index contributed by atoms with van der Waals surface area (Å²) in [6, 6.07) is 17.3. The summed E-state index contributed by atoms with van der Waals surface area (Å²) < 4.78 is 7.66. The lowest BCUT2D eigenvalue weighted by Crippen LogP contribution is -2.18. The van der Waals surface area contributed by atoms with Gasteiger partial charge in [0.1, 0.15) is 18.1 Å². The predicted molar refractivity (Wildman–Crippen MR) is 115 cm³/mol. The summed E-state index contributed by atoms with van der Waals surface area (Å²) in [6.45, 7) is 4.68. The van der Waals surface area contributed by atoms with Crippen LogP contribution in [-0.2, 0) is 19.1 Å². The molecule has 0 aliphatic rings. The molecule has 152 valence electrons. The predicted octanol–water partition coefficient (Wildman–Crippen LogP) is 4.49. The van der Waals surface area contributed by atoms with Crippen molar-refractivity contribution in [3.05, 3.63) is 90.0 Å². The molecule has 4 aromatic rings. The molecular formula is C24H24N4O2. The number of benzene rings is 2. The molecule has 0 spiro atoms. The van der Waals surface area contributed by atoms with Gasteiger partial charge in [-0.25, -0.2) is 9.97 Å². The van der Waals surface area contributed by atoms with Gasteiger partial charge in [0.15, 0.2) is 5.82 Å². The van der Waals surface area contributed by atoms with Gasteiger partial charge in [-0.2, -0.15) is 5.10 Å². The number of hydrogen-bond acceptors (Lipinski definition) is 5. The van der Waals surface area contributed by atoms with Gasteiger partial charge in [0.05, 0.1) is 17.5 Å². The van der Waals surface area contributed by atoms with Gasteiger partial charge >= 0.3 is 0 Å². The van der Waals surface area contributed by atoms with E-state index in [-0.39, 0.29) is 11.2 Å². The van der Waals surface area contributed by atoms with E-state index >= 15 is 0 Å². The first-order chi connectivity index (χ1) is 14.4. The second-order valence-corrected chi connectivity index (χ2v) is 7.76. The average Bonchev–Trinajstić information content (AvgIpc) is 3.19. The number of nitrogens with zero attached hydrogens (tertiary/aromatic N) is 4. The zero-order chi connectivity index (χ0) is 21.1. The number of hydrogen-bond donors (Lipinski definition) is 1. The van der Waals surface area contributed by atoms with Gasteiger partial charge in [0.2, 0.25) is 0 Å². The maximum atomic E-state index is 9.54. The average molecular weight is 400 g/mol. The van der Waals surface area contributed by atoms with Crippen LogP contribution in [0.2, 0.25) is 0 Å². The molecule has 0 aliphatic carbocycles. The number of rotatable bonds is 6. The number of phenols is 1. The Bertz CT molecular complexity index is 1130. The van der Waals surface area contributed by atoms with E-state index in [0.717, 1.165) is 22.6 Å². The minimum Gasteiger partial charge on any atom is -0.508 e. The van der Waals surface area contributed by atoms with Crippen molar-refractivity contribution in [3.8, 4) is 22.9 Å². The number of aromatic hydroxyl groups is 1. The Labute approximate surface area is 175 Å². The monoisotopic (exact) mass is 400 g/mol. The lowest BCUT2D eigenvalue weighted by Gasteiger charge is -2.26. The SMILES string of the molecule is Cn1cc(-c2nccc(COc3ccc(C(C)(C)c4ccc(O)cc4)cc3)n2)cn1. The van der Waals surface area contributed by atoms with Crippen molar-refractivity contribution in [2.24, 2.45) is 7.05 Å². The molecule has 0 saturated carbocycles. The maximum absolute atomic E-state index is 9.54. The van der Waals surface area contributed by atoms with Crippen LogP contribution in [-0.4, -0.2) is 24.9 Å². The van der Waals surface area contributed by atoms with Crippen LogP contribution in [0.3, 0.4) is 0 Å². The fraction of sp³-hybridized carbons (Fsp3) is 0.208. The van der Waals surface area contributed by atoms with Crippen molar-refractivity contribution in [3.63, 3.8) is 0 Å². The smallest absolute Gasteiger partial charge is 0.162 e. The number of ether oxygens (including phenoxy) is 1. The molecule has 0 fully saturated rings. The quantitative estimate of drug-likeness (QED) is 0.516. The highest BCUT2D eigenvalue weighted by Crippen LogP contribution is 2.33. The lowest BCUT2D eigenvalue weighted by molar-refractivity contribution is 0.301. The Balaban J connectivity index is 1.45. The molecule has 30 heavy (non-hydrogen) atoms. The topological polar surface area (TPSA) is 73.1 Å². The van der Waals surface area contributed by atoms with Crippen LogP contribution in [0.4, 0.5) is 0 Å². The summed E-state index contributed by atoms with van der Waals surface area (Å²) in [6.07, 6.45) is 5.36. The van der Waals surface area contributed by atoms with Crippen molar-refractivity contribution < 1.29 is 9.84 Å². The summed E-state index contributed by atoms with van der Waals surface area (Å²) in [5.41, 5.74) is 3.80. The van der Waals surface area contributed by atoms with Crippen molar-refractivity contribution in [2.45, 2.75) is 25.9 Å². The summed E-state index contributed by atoms with van der Waals surface area (Å²) >= 11 is 0. The third-order valence-corrected chi connectivity index (χ3v) is 5.23. The highest BCUT2D eigenvalue weighted by molar-refractivity contribution is 5.51. The molecule has 6 heteroatoms. The van der Waals surface area contributed by atoms with Gasteiger partial charge in [-0.1, -0.05) is 38.1 Å². The largest absolute Gasteiger partial charge is 0.508 e. The van der Waals surface area contributed by atoms with E-state index in [0.29, 0.717) is 12.4 Å². The zero-order valence-corrected chi connectivity index (χ0v) is 17.3. The fourth-order valence-corrected chi connectivity index (χ4v) is 3.32. The lowest BCUT2D eigenvalue weighted by atomic mass is 9.78. The van der Waals surface area contributed by atoms with Gasteiger partial charge in [-0.3, -0.25) is 4.68 Å². The molecule has 0 bridgehead atoms.